The number of rotatable bonds is 2. The predicted octanol–water partition coefficient (Wildman–Crippen LogP) is 3.79. The fourth-order valence-electron chi connectivity index (χ4n) is 2.02. The summed E-state index contributed by atoms with van der Waals surface area (Å²) in [5.41, 5.74) is 2.73. The van der Waals surface area contributed by atoms with E-state index in [0.29, 0.717) is 21.4 Å². The van der Waals surface area contributed by atoms with Crippen LogP contribution in [0.2, 0.25) is 10.0 Å². The van der Waals surface area contributed by atoms with Crippen molar-refractivity contribution in [2.24, 2.45) is 7.05 Å². The Morgan fingerprint density at radius 2 is 2.05 bits per heavy atom. The number of aromatic nitrogens is 4. The van der Waals surface area contributed by atoms with Crippen LogP contribution in [-0.2, 0) is 13.6 Å². The van der Waals surface area contributed by atoms with Crippen LogP contribution in [0.3, 0.4) is 0 Å². The standard InChI is InChI=1S/C12H10Cl2N4S/c1-17-3-2-7(16-17)6-18-11-5-9(14)8(13)4-10(11)15-12(18)19/h2-5H,6H2,1H3,(H,15,19). The van der Waals surface area contributed by atoms with E-state index in [1.165, 1.54) is 0 Å². The minimum absolute atomic E-state index is 0.510. The third kappa shape index (κ3) is 2.29. The first-order valence-electron chi connectivity index (χ1n) is 5.60. The molecule has 0 atom stereocenters. The number of nitrogens with one attached hydrogen (secondary N) is 1. The van der Waals surface area contributed by atoms with Crippen LogP contribution in [-0.4, -0.2) is 19.3 Å². The summed E-state index contributed by atoms with van der Waals surface area (Å²) in [6.07, 6.45) is 1.90. The van der Waals surface area contributed by atoms with Gasteiger partial charge in [-0.2, -0.15) is 5.10 Å². The zero-order chi connectivity index (χ0) is 13.6. The molecule has 1 aromatic carbocycles. The van der Waals surface area contributed by atoms with Crippen LogP contribution in [0.1, 0.15) is 5.69 Å². The molecule has 0 saturated heterocycles. The quantitative estimate of drug-likeness (QED) is 0.731. The molecular formula is C12H10Cl2N4S. The van der Waals surface area contributed by atoms with Gasteiger partial charge >= 0.3 is 0 Å². The summed E-state index contributed by atoms with van der Waals surface area (Å²) < 4.78 is 4.34. The Kier molecular flexibility index (Phi) is 3.12. The summed E-state index contributed by atoms with van der Waals surface area (Å²) in [5, 5.41) is 5.37. The highest BCUT2D eigenvalue weighted by Crippen LogP contribution is 2.27. The van der Waals surface area contributed by atoms with Gasteiger partial charge in [0.1, 0.15) is 0 Å². The predicted molar refractivity (Wildman–Crippen MR) is 79.5 cm³/mol. The second kappa shape index (κ2) is 4.67. The van der Waals surface area contributed by atoms with E-state index in [4.69, 9.17) is 35.4 Å². The summed E-state index contributed by atoms with van der Waals surface area (Å²) in [7, 11) is 1.88. The normalized spacial score (nSPS) is 11.3. The lowest BCUT2D eigenvalue weighted by Gasteiger charge is -2.03. The zero-order valence-corrected chi connectivity index (χ0v) is 12.4. The van der Waals surface area contributed by atoms with E-state index < -0.39 is 0 Å². The number of benzene rings is 1. The molecule has 2 heterocycles. The molecule has 4 nitrogen and oxygen atoms in total. The van der Waals surface area contributed by atoms with E-state index in [-0.39, 0.29) is 0 Å². The first-order chi connectivity index (χ1) is 9.04. The first kappa shape index (κ1) is 12.7. The molecule has 0 bridgehead atoms. The van der Waals surface area contributed by atoms with Crippen molar-refractivity contribution in [3.63, 3.8) is 0 Å². The van der Waals surface area contributed by atoms with E-state index >= 15 is 0 Å². The maximum Gasteiger partial charge on any atom is 0.178 e. The van der Waals surface area contributed by atoms with Crippen LogP contribution in [0, 0.1) is 4.77 Å². The molecular weight excluding hydrogens is 303 g/mol. The van der Waals surface area contributed by atoms with Gasteiger partial charge in [-0.25, -0.2) is 0 Å². The smallest absolute Gasteiger partial charge is 0.178 e. The van der Waals surface area contributed by atoms with Gasteiger partial charge in [-0.3, -0.25) is 4.68 Å². The fourth-order valence-corrected chi connectivity index (χ4v) is 2.61. The monoisotopic (exact) mass is 312 g/mol. The summed E-state index contributed by atoms with van der Waals surface area (Å²) in [6, 6.07) is 5.55. The second-order valence-corrected chi connectivity index (χ2v) is 5.48. The number of aromatic amines is 1. The molecule has 3 rings (SSSR count). The van der Waals surface area contributed by atoms with Crippen molar-refractivity contribution in [3.05, 3.63) is 44.9 Å². The van der Waals surface area contributed by atoms with Crippen LogP contribution in [0.15, 0.2) is 24.4 Å². The lowest BCUT2D eigenvalue weighted by Crippen LogP contribution is -2.01. The number of hydrogen-bond acceptors (Lipinski definition) is 2. The van der Waals surface area contributed by atoms with Crippen molar-refractivity contribution in [3.8, 4) is 0 Å². The number of halogens is 2. The third-order valence-corrected chi connectivity index (χ3v) is 3.95. The SMILES string of the molecule is Cn1ccc(Cn2c(=S)[nH]c3cc(Cl)c(Cl)cc32)n1. The Hall–Kier alpha value is -1.30. The fraction of sp³-hybridized carbons (Fsp3) is 0.167. The Morgan fingerprint density at radius 3 is 2.74 bits per heavy atom. The molecule has 3 aromatic rings. The molecule has 7 heteroatoms. The van der Waals surface area contributed by atoms with Crippen LogP contribution < -0.4 is 0 Å². The van der Waals surface area contributed by atoms with Gasteiger partial charge in [0.05, 0.1) is 33.3 Å². The van der Waals surface area contributed by atoms with Gasteiger partial charge in [0, 0.05) is 13.2 Å². The van der Waals surface area contributed by atoms with Crippen molar-refractivity contribution in [1.82, 2.24) is 19.3 Å². The largest absolute Gasteiger partial charge is 0.331 e. The maximum atomic E-state index is 6.06. The number of nitrogens with zero attached hydrogens (tertiary/aromatic N) is 3. The van der Waals surface area contributed by atoms with Crippen molar-refractivity contribution in [1.29, 1.82) is 0 Å². The number of hydrogen-bond donors (Lipinski definition) is 1. The molecule has 0 aliphatic carbocycles. The molecule has 2 aromatic heterocycles. The van der Waals surface area contributed by atoms with Crippen molar-refractivity contribution in [2.75, 3.05) is 0 Å². The number of imidazole rings is 1. The molecule has 0 radical (unpaired) electrons. The summed E-state index contributed by atoms with van der Waals surface area (Å²) >= 11 is 17.4. The summed E-state index contributed by atoms with van der Waals surface area (Å²) in [4.78, 5) is 3.12. The molecule has 0 aliphatic rings. The highest BCUT2D eigenvalue weighted by atomic mass is 35.5. The molecule has 0 fully saturated rings. The van der Waals surface area contributed by atoms with Gasteiger partial charge in [0.2, 0.25) is 0 Å². The lowest BCUT2D eigenvalue weighted by atomic mass is 10.3. The van der Waals surface area contributed by atoms with Crippen molar-refractivity contribution < 1.29 is 0 Å². The van der Waals surface area contributed by atoms with E-state index in [1.807, 2.05) is 29.9 Å². The molecule has 19 heavy (non-hydrogen) atoms. The van der Waals surface area contributed by atoms with Gasteiger partial charge < -0.3 is 9.55 Å². The Labute approximate surface area is 124 Å². The second-order valence-electron chi connectivity index (χ2n) is 4.28. The molecule has 0 saturated carbocycles. The van der Waals surface area contributed by atoms with Crippen molar-refractivity contribution >= 4 is 46.5 Å². The maximum absolute atomic E-state index is 6.06. The van der Waals surface area contributed by atoms with Crippen molar-refractivity contribution in [2.45, 2.75) is 6.54 Å². The van der Waals surface area contributed by atoms with Gasteiger partial charge in [-0.1, -0.05) is 23.2 Å². The molecule has 0 unspecified atom stereocenters. The van der Waals surface area contributed by atoms with Crippen LogP contribution in [0.5, 0.6) is 0 Å². The third-order valence-electron chi connectivity index (χ3n) is 2.91. The van der Waals surface area contributed by atoms with Crippen LogP contribution in [0.4, 0.5) is 0 Å². The average molecular weight is 313 g/mol. The highest BCUT2D eigenvalue weighted by Gasteiger charge is 2.09. The minimum Gasteiger partial charge on any atom is -0.331 e. The Bertz CT molecular complexity index is 815. The van der Waals surface area contributed by atoms with E-state index in [0.717, 1.165) is 16.7 Å². The number of fused-ring (bicyclic) bond motifs is 1. The molecule has 1 N–H and O–H groups in total. The first-order valence-corrected chi connectivity index (χ1v) is 6.77. The van der Waals surface area contributed by atoms with E-state index in [9.17, 15) is 0 Å². The zero-order valence-electron chi connectivity index (χ0n) is 10.0. The number of aryl methyl sites for hydroxylation is 1. The van der Waals surface area contributed by atoms with Crippen LogP contribution >= 0.6 is 35.4 Å². The van der Waals surface area contributed by atoms with Gasteiger partial charge in [-0.15, -0.1) is 0 Å². The summed E-state index contributed by atoms with van der Waals surface area (Å²) in [6.45, 7) is 0.595. The lowest BCUT2D eigenvalue weighted by molar-refractivity contribution is 0.710. The molecule has 0 aliphatic heterocycles. The van der Waals surface area contributed by atoms with E-state index in [1.54, 1.807) is 10.7 Å². The molecule has 98 valence electrons. The minimum atomic E-state index is 0.510. The molecule has 0 amide bonds. The average Bonchev–Trinajstić information content (AvgIpc) is 2.87. The Balaban J connectivity index is 2.15. The number of H-pyrrole nitrogens is 1. The molecule has 0 spiro atoms. The van der Waals surface area contributed by atoms with Gasteiger partial charge in [-0.05, 0) is 30.4 Å². The van der Waals surface area contributed by atoms with Gasteiger partial charge in [0.15, 0.2) is 4.77 Å². The van der Waals surface area contributed by atoms with Crippen LogP contribution in [0.25, 0.3) is 11.0 Å². The Morgan fingerprint density at radius 1 is 1.32 bits per heavy atom. The topological polar surface area (TPSA) is 38.5 Å². The van der Waals surface area contributed by atoms with E-state index in [2.05, 4.69) is 10.1 Å². The summed E-state index contributed by atoms with van der Waals surface area (Å²) in [5.74, 6) is 0. The van der Waals surface area contributed by atoms with Gasteiger partial charge in [0.25, 0.3) is 0 Å². The highest BCUT2D eigenvalue weighted by molar-refractivity contribution is 7.71.